The van der Waals surface area contributed by atoms with E-state index < -0.39 is 6.36 Å². The van der Waals surface area contributed by atoms with Crippen LogP contribution in [0, 0.1) is 0 Å². The van der Waals surface area contributed by atoms with Crippen molar-refractivity contribution in [1.29, 1.82) is 0 Å². The number of rotatable bonds is 2. The summed E-state index contributed by atoms with van der Waals surface area (Å²) in [6, 6.07) is 5.55. The Morgan fingerprint density at radius 2 is 1.90 bits per heavy atom. The SMILES string of the molecule is FC(F)(F)Oc1ccc(-c2ncc3c(n2)CCNC3)cc1. The van der Waals surface area contributed by atoms with Gasteiger partial charge in [0.1, 0.15) is 5.75 Å². The van der Waals surface area contributed by atoms with Gasteiger partial charge in [0.25, 0.3) is 0 Å². The van der Waals surface area contributed by atoms with Crippen molar-refractivity contribution >= 4 is 0 Å². The first kappa shape index (κ1) is 13.8. The first-order valence-electron chi connectivity index (χ1n) is 6.43. The van der Waals surface area contributed by atoms with Crippen LogP contribution < -0.4 is 10.1 Å². The molecule has 0 saturated carbocycles. The molecule has 0 bridgehead atoms. The van der Waals surface area contributed by atoms with E-state index in [1.807, 2.05) is 0 Å². The fourth-order valence-corrected chi connectivity index (χ4v) is 2.18. The fourth-order valence-electron chi connectivity index (χ4n) is 2.18. The van der Waals surface area contributed by atoms with E-state index in [1.54, 1.807) is 6.20 Å². The summed E-state index contributed by atoms with van der Waals surface area (Å²) >= 11 is 0. The quantitative estimate of drug-likeness (QED) is 0.925. The summed E-state index contributed by atoms with van der Waals surface area (Å²) in [6.07, 6.45) is -2.11. The molecule has 2 heterocycles. The van der Waals surface area contributed by atoms with Crippen LogP contribution in [0.3, 0.4) is 0 Å². The Kier molecular flexibility index (Phi) is 3.50. The minimum absolute atomic E-state index is 0.256. The van der Waals surface area contributed by atoms with Gasteiger partial charge in [-0.3, -0.25) is 0 Å². The molecule has 0 radical (unpaired) electrons. The molecule has 7 heteroatoms. The Bertz CT molecular complexity index is 641. The number of ether oxygens (including phenoxy) is 1. The van der Waals surface area contributed by atoms with E-state index in [1.165, 1.54) is 24.3 Å². The minimum Gasteiger partial charge on any atom is -0.406 e. The van der Waals surface area contributed by atoms with Crippen molar-refractivity contribution in [3.05, 3.63) is 41.7 Å². The highest BCUT2D eigenvalue weighted by Gasteiger charge is 2.31. The molecule has 1 aliphatic heterocycles. The van der Waals surface area contributed by atoms with Gasteiger partial charge in [-0.1, -0.05) is 0 Å². The third-order valence-corrected chi connectivity index (χ3v) is 3.15. The molecular formula is C14H12F3N3O. The van der Waals surface area contributed by atoms with Gasteiger partial charge >= 0.3 is 6.36 Å². The standard InChI is InChI=1S/C14H12F3N3O/c15-14(16,17)21-11-3-1-9(2-4-11)13-19-8-10-7-18-6-5-12(10)20-13/h1-4,8,18H,5-7H2. The molecule has 0 atom stereocenters. The molecule has 0 aliphatic carbocycles. The van der Waals surface area contributed by atoms with Crippen molar-refractivity contribution in [2.75, 3.05) is 6.54 Å². The van der Waals surface area contributed by atoms with E-state index in [4.69, 9.17) is 0 Å². The molecule has 4 nitrogen and oxygen atoms in total. The smallest absolute Gasteiger partial charge is 0.406 e. The van der Waals surface area contributed by atoms with Crippen LogP contribution in [0.15, 0.2) is 30.5 Å². The number of nitrogens with zero attached hydrogens (tertiary/aromatic N) is 2. The Balaban J connectivity index is 1.84. The number of hydrogen-bond acceptors (Lipinski definition) is 4. The highest BCUT2D eigenvalue weighted by molar-refractivity contribution is 5.56. The number of nitrogens with one attached hydrogen (secondary N) is 1. The second kappa shape index (κ2) is 5.33. The molecule has 0 spiro atoms. The molecule has 1 aliphatic rings. The number of halogens is 3. The first-order valence-corrected chi connectivity index (χ1v) is 6.43. The van der Waals surface area contributed by atoms with E-state index in [-0.39, 0.29) is 5.75 Å². The zero-order valence-electron chi connectivity index (χ0n) is 10.9. The van der Waals surface area contributed by atoms with Gasteiger partial charge in [0.15, 0.2) is 5.82 Å². The van der Waals surface area contributed by atoms with Crippen LogP contribution in [0.5, 0.6) is 5.75 Å². The van der Waals surface area contributed by atoms with E-state index in [2.05, 4.69) is 20.0 Å². The Labute approximate surface area is 119 Å². The molecule has 110 valence electrons. The van der Waals surface area contributed by atoms with Gasteiger partial charge in [-0.2, -0.15) is 0 Å². The average molecular weight is 295 g/mol. The molecule has 0 unspecified atom stereocenters. The van der Waals surface area contributed by atoms with E-state index in [0.29, 0.717) is 11.4 Å². The molecule has 2 aromatic rings. The minimum atomic E-state index is -4.68. The average Bonchev–Trinajstić information content (AvgIpc) is 2.46. The zero-order chi connectivity index (χ0) is 14.9. The maximum atomic E-state index is 12.1. The number of benzene rings is 1. The normalized spacial score (nSPS) is 14.6. The summed E-state index contributed by atoms with van der Waals surface area (Å²) in [5.74, 6) is 0.252. The number of fused-ring (bicyclic) bond motifs is 1. The van der Waals surface area contributed by atoms with Gasteiger partial charge in [0.05, 0.1) is 5.69 Å². The summed E-state index contributed by atoms with van der Waals surface area (Å²) in [4.78, 5) is 8.73. The van der Waals surface area contributed by atoms with Crippen molar-refractivity contribution in [3.8, 4) is 17.1 Å². The van der Waals surface area contributed by atoms with Gasteiger partial charge in [-0.25, -0.2) is 9.97 Å². The molecule has 0 amide bonds. The van der Waals surface area contributed by atoms with E-state index in [9.17, 15) is 13.2 Å². The molecule has 21 heavy (non-hydrogen) atoms. The summed E-state index contributed by atoms with van der Waals surface area (Å²) in [7, 11) is 0. The van der Waals surface area contributed by atoms with Crippen LogP contribution in [-0.4, -0.2) is 22.9 Å². The number of alkyl halides is 3. The maximum Gasteiger partial charge on any atom is 0.573 e. The maximum absolute atomic E-state index is 12.1. The van der Waals surface area contributed by atoms with Crippen LogP contribution in [0.4, 0.5) is 13.2 Å². The highest BCUT2D eigenvalue weighted by atomic mass is 19.4. The van der Waals surface area contributed by atoms with Crippen molar-refractivity contribution in [2.45, 2.75) is 19.3 Å². The topological polar surface area (TPSA) is 47.0 Å². The van der Waals surface area contributed by atoms with Crippen molar-refractivity contribution in [1.82, 2.24) is 15.3 Å². The summed E-state index contributed by atoms with van der Waals surface area (Å²) in [5, 5.41) is 3.23. The predicted octanol–water partition coefficient (Wildman–Crippen LogP) is 2.69. The van der Waals surface area contributed by atoms with Crippen molar-refractivity contribution in [3.63, 3.8) is 0 Å². The lowest BCUT2D eigenvalue weighted by Gasteiger charge is -2.16. The third-order valence-electron chi connectivity index (χ3n) is 3.15. The second-order valence-electron chi connectivity index (χ2n) is 4.66. The Morgan fingerprint density at radius 3 is 2.62 bits per heavy atom. The highest BCUT2D eigenvalue weighted by Crippen LogP contribution is 2.25. The Morgan fingerprint density at radius 1 is 1.14 bits per heavy atom. The van der Waals surface area contributed by atoms with Gasteiger partial charge in [-0.05, 0) is 24.3 Å². The molecule has 0 fully saturated rings. The van der Waals surface area contributed by atoms with Crippen molar-refractivity contribution in [2.24, 2.45) is 0 Å². The lowest BCUT2D eigenvalue weighted by molar-refractivity contribution is -0.274. The fraction of sp³-hybridized carbons (Fsp3) is 0.286. The van der Waals surface area contributed by atoms with Gasteiger partial charge in [0, 0.05) is 36.8 Å². The monoisotopic (exact) mass is 295 g/mol. The van der Waals surface area contributed by atoms with Gasteiger partial charge in [0.2, 0.25) is 0 Å². The van der Waals surface area contributed by atoms with Crippen molar-refractivity contribution < 1.29 is 17.9 Å². The van der Waals surface area contributed by atoms with E-state index in [0.717, 1.165) is 30.8 Å². The number of aromatic nitrogens is 2. The lowest BCUT2D eigenvalue weighted by atomic mass is 10.1. The third kappa shape index (κ3) is 3.30. The second-order valence-corrected chi connectivity index (χ2v) is 4.66. The Hall–Kier alpha value is -2.15. The summed E-state index contributed by atoms with van der Waals surface area (Å²) in [6.45, 7) is 1.61. The van der Waals surface area contributed by atoms with Crippen LogP contribution in [0.1, 0.15) is 11.3 Å². The molecule has 0 saturated heterocycles. The predicted molar refractivity (Wildman–Crippen MR) is 69.6 cm³/mol. The lowest BCUT2D eigenvalue weighted by Crippen LogP contribution is -2.24. The van der Waals surface area contributed by atoms with Crippen LogP contribution in [-0.2, 0) is 13.0 Å². The summed E-state index contributed by atoms with van der Waals surface area (Å²) in [5.41, 5.74) is 2.70. The van der Waals surface area contributed by atoms with Gasteiger partial charge < -0.3 is 10.1 Å². The zero-order valence-corrected chi connectivity index (χ0v) is 10.9. The summed E-state index contributed by atoms with van der Waals surface area (Å²) < 4.78 is 40.1. The molecule has 1 aromatic carbocycles. The molecule has 1 aromatic heterocycles. The molecular weight excluding hydrogens is 283 g/mol. The number of hydrogen-bond donors (Lipinski definition) is 1. The largest absolute Gasteiger partial charge is 0.573 e. The van der Waals surface area contributed by atoms with Crippen LogP contribution in [0.25, 0.3) is 11.4 Å². The molecule has 3 rings (SSSR count). The molecule has 1 N–H and O–H groups in total. The van der Waals surface area contributed by atoms with Crippen LogP contribution >= 0.6 is 0 Å². The first-order chi connectivity index (χ1) is 10.0. The van der Waals surface area contributed by atoms with Crippen LogP contribution in [0.2, 0.25) is 0 Å². The van der Waals surface area contributed by atoms with Gasteiger partial charge in [-0.15, -0.1) is 13.2 Å². The van der Waals surface area contributed by atoms with E-state index >= 15 is 0 Å².